The number of aromatic nitrogens is 1. The Bertz CT molecular complexity index is 780. The minimum Gasteiger partial charge on any atom is -0.451 e. The van der Waals surface area contributed by atoms with Gasteiger partial charge in [0.05, 0.1) is 6.61 Å². The van der Waals surface area contributed by atoms with Crippen LogP contribution in [-0.2, 0) is 25.6 Å². The summed E-state index contributed by atoms with van der Waals surface area (Å²) >= 11 is 0. The summed E-state index contributed by atoms with van der Waals surface area (Å²) < 4.78 is 12.3. The number of likely N-dealkylation sites (tertiary alicyclic amines) is 1. The molecule has 7 nitrogen and oxygen atoms in total. The second-order valence-electron chi connectivity index (χ2n) is 7.28. The molecule has 28 heavy (non-hydrogen) atoms. The smallest absolute Gasteiger partial charge is 0.349 e. The number of hydrogen-bond donors (Lipinski definition) is 0. The van der Waals surface area contributed by atoms with E-state index >= 15 is 0 Å². The molecular formula is C21H29N3O4. The molecule has 2 rings (SSSR count). The van der Waals surface area contributed by atoms with E-state index in [2.05, 4.69) is 11.5 Å². The molecule has 152 valence electrons. The Hall–Kier alpha value is -2.59. The summed E-state index contributed by atoms with van der Waals surface area (Å²) in [6.45, 7) is 8.36. The molecular weight excluding hydrogens is 358 g/mol. The fourth-order valence-electron chi connectivity index (χ4n) is 3.35. The van der Waals surface area contributed by atoms with Crippen LogP contribution in [0.1, 0.15) is 36.7 Å². The van der Waals surface area contributed by atoms with Crippen molar-refractivity contribution in [3.8, 4) is 6.07 Å². The number of amides is 1. The fourth-order valence-corrected chi connectivity index (χ4v) is 3.35. The number of carbonyl (C=O) groups excluding carboxylic acids is 2. The van der Waals surface area contributed by atoms with Gasteiger partial charge in [0.2, 0.25) is 0 Å². The Morgan fingerprint density at radius 2 is 2.00 bits per heavy atom. The molecule has 0 bridgehead atoms. The van der Waals surface area contributed by atoms with Crippen LogP contribution in [0.15, 0.2) is 11.6 Å². The van der Waals surface area contributed by atoms with Gasteiger partial charge in [-0.1, -0.05) is 6.92 Å². The molecule has 0 spiro atoms. The van der Waals surface area contributed by atoms with Gasteiger partial charge in [0.25, 0.3) is 5.91 Å². The van der Waals surface area contributed by atoms with Gasteiger partial charge in [0.15, 0.2) is 6.61 Å². The lowest BCUT2D eigenvalue weighted by atomic mass is 9.99. The topological polar surface area (TPSA) is 84.6 Å². The van der Waals surface area contributed by atoms with Gasteiger partial charge in [-0.2, -0.15) is 5.26 Å². The number of rotatable bonds is 7. The Balaban J connectivity index is 2.01. The van der Waals surface area contributed by atoms with Crippen molar-refractivity contribution in [2.24, 2.45) is 5.92 Å². The molecule has 1 aliphatic heterocycles. The molecule has 0 saturated carbocycles. The van der Waals surface area contributed by atoms with Gasteiger partial charge in [0, 0.05) is 38.1 Å². The molecule has 0 aliphatic carbocycles. The van der Waals surface area contributed by atoms with Crippen LogP contribution >= 0.6 is 0 Å². The first kappa shape index (κ1) is 21.7. The lowest BCUT2D eigenvalue weighted by Gasteiger charge is -2.30. The van der Waals surface area contributed by atoms with Crippen LogP contribution < -0.4 is 0 Å². The van der Waals surface area contributed by atoms with Crippen LogP contribution in [0, 0.1) is 31.1 Å². The van der Waals surface area contributed by atoms with E-state index in [4.69, 9.17) is 9.47 Å². The molecule has 1 aliphatic rings. The SMILES string of the molecule is COCCn1c(C)cc(/C=C(/C#N)C(=O)OCC(=O)N2CCC(C)CC2)c1C. The molecule has 0 aromatic carbocycles. The zero-order valence-electron chi connectivity index (χ0n) is 17.2. The third kappa shape index (κ3) is 5.46. The maximum absolute atomic E-state index is 12.3. The number of piperidine rings is 1. The zero-order valence-corrected chi connectivity index (χ0v) is 17.2. The Kier molecular flexibility index (Phi) is 7.82. The van der Waals surface area contributed by atoms with Crippen molar-refractivity contribution < 1.29 is 19.1 Å². The quantitative estimate of drug-likeness (QED) is 0.408. The number of carbonyl (C=O) groups is 2. The first-order valence-electron chi connectivity index (χ1n) is 9.59. The van der Waals surface area contributed by atoms with E-state index in [0.717, 1.165) is 29.8 Å². The van der Waals surface area contributed by atoms with E-state index in [1.165, 1.54) is 6.08 Å². The maximum Gasteiger partial charge on any atom is 0.349 e. The van der Waals surface area contributed by atoms with E-state index in [-0.39, 0.29) is 18.1 Å². The highest BCUT2D eigenvalue weighted by atomic mass is 16.5. The number of aryl methyl sites for hydroxylation is 1. The van der Waals surface area contributed by atoms with Crippen LogP contribution in [0.3, 0.4) is 0 Å². The summed E-state index contributed by atoms with van der Waals surface area (Å²) in [5, 5.41) is 9.37. The van der Waals surface area contributed by atoms with Gasteiger partial charge in [0.1, 0.15) is 11.6 Å². The maximum atomic E-state index is 12.3. The second kappa shape index (κ2) is 10.1. The van der Waals surface area contributed by atoms with Crippen LogP contribution in [0.25, 0.3) is 6.08 Å². The largest absolute Gasteiger partial charge is 0.451 e. The second-order valence-corrected chi connectivity index (χ2v) is 7.28. The molecule has 1 fully saturated rings. The molecule has 0 radical (unpaired) electrons. The molecule has 0 atom stereocenters. The Morgan fingerprint density at radius 1 is 1.32 bits per heavy atom. The van der Waals surface area contributed by atoms with E-state index < -0.39 is 5.97 Å². The highest BCUT2D eigenvalue weighted by molar-refractivity contribution is 5.99. The summed E-state index contributed by atoms with van der Waals surface area (Å²) in [4.78, 5) is 26.2. The first-order chi connectivity index (χ1) is 13.4. The van der Waals surface area contributed by atoms with Gasteiger partial charge in [-0.05, 0) is 50.3 Å². The lowest BCUT2D eigenvalue weighted by Crippen LogP contribution is -2.40. The molecule has 1 aromatic heterocycles. The van der Waals surface area contributed by atoms with E-state index in [0.29, 0.717) is 32.2 Å². The minimum absolute atomic E-state index is 0.118. The van der Waals surface area contributed by atoms with Crippen molar-refractivity contribution in [2.45, 2.75) is 40.2 Å². The first-order valence-corrected chi connectivity index (χ1v) is 9.59. The lowest BCUT2D eigenvalue weighted by molar-refractivity contribution is -0.149. The number of hydrogen-bond acceptors (Lipinski definition) is 5. The van der Waals surface area contributed by atoms with Crippen molar-refractivity contribution >= 4 is 18.0 Å². The molecule has 1 aromatic rings. The summed E-state index contributed by atoms with van der Waals surface area (Å²) in [6, 6.07) is 3.80. The van der Waals surface area contributed by atoms with E-state index in [9.17, 15) is 14.9 Å². The van der Waals surface area contributed by atoms with Crippen molar-refractivity contribution in [1.29, 1.82) is 5.26 Å². The number of ether oxygens (including phenoxy) is 2. The Labute approximate surface area is 166 Å². The minimum atomic E-state index is -0.775. The predicted octanol–water partition coefficient (Wildman–Crippen LogP) is 2.46. The number of nitrogens with zero attached hydrogens (tertiary/aromatic N) is 3. The van der Waals surface area contributed by atoms with Gasteiger partial charge in [-0.15, -0.1) is 0 Å². The molecule has 0 unspecified atom stereocenters. The van der Waals surface area contributed by atoms with E-state index in [1.807, 2.05) is 26.0 Å². The summed E-state index contributed by atoms with van der Waals surface area (Å²) in [7, 11) is 1.64. The third-order valence-electron chi connectivity index (χ3n) is 5.24. The molecule has 7 heteroatoms. The van der Waals surface area contributed by atoms with Crippen LogP contribution in [0.4, 0.5) is 0 Å². The van der Waals surface area contributed by atoms with Crippen LogP contribution in [-0.4, -0.2) is 54.8 Å². The predicted molar refractivity (Wildman–Crippen MR) is 105 cm³/mol. The summed E-state index contributed by atoms with van der Waals surface area (Å²) in [5.74, 6) is -0.374. The standard InChI is InChI=1S/C21H29N3O4/c1-15-5-7-23(8-6-15)20(25)14-28-21(26)19(13-22)12-18-11-16(2)24(17(18)3)9-10-27-4/h11-12,15H,5-10,14H2,1-4H3/b19-12-. The highest BCUT2D eigenvalue weighted by Gasteiger charge is 2.22. The number of nitriles is 1. The monoisotopic (exact) mass is 387 g/mol. The van der Waals surface area contributed by atoms with E-state index in [1.54, 1.807) is 12.0 Å². The average Bonchev–Trinajstić information content (AvgIpc) is 2.95. The number of esters is 1. The van der Waals surface area contributed by atoms with Crippen LogP contribution in [0.5, 0.6) is 0 Å². The molecule has 2 heterocycles. The average molecular weight is 387 g/mol. The fraction of sp³-hybridized carbons (Fsp3) is 0.571. The summed E-state index contributed by atoms with van der Waals surface area (Å²) in [6.07, 6.45) is 3.43. The molecule has 1 amide bonds. The van der Waals surface area contributed by atoms with Crippen molar-refractivity contribution in [3.05, 3.63) is 28.6 Å². The normalized spacial score (nSPS) is 15.4. The van der Waals surface area contributed by atoms with Crippen molar-refractivity contribution in [2.75, 3.05) is 33.4 Å². The molecule has 1 saturated heterocycles. The number of methoxy groups -OCH3 is 1. The Morgan fingerprint density at radius 3 is 2.61 bits per heavy atom. The van der Waals surface area contributed by atoms with Crippen molar-refractivity contribution in [3.63, 3.8) is 0 Å². The van der Waals surface area contributed by atoms with Gasteiger partial charge < -0.3 is 18.9 Å². The summed E-state index contributed by atoms with van der Waals surface area (Å²) in [5.41, 5.74) is 2.61. The van der Waals surface area contributed by atoms with Gasteiger partial charge >= 0.3 is 5.97 Å². The van der Waals surface area contributed by atoms with Crippen LogP contribution in [0.2, 0.25) is 0 Å². The van der Waals surface area contributed by atoms with Crippen molar-refractivity contribution in [1.82, 2.24) is 9.47 Å². The zero-order chi connectivity index (χ0) is 20.7. The highest BCUT2D eigenvalue weighted by Crippen LogP contribution is 2.19. The van der Waals surface area contributed by atoms with Gasteiger partial charge in [-0.25, -0.2) is 4.79 Å². The molecule has 0 N–H and O–H groups in total. The third-order valence-corrected chi connectivity index (χ3v) is 5.24. The van der Waals surface area contributed by atoms with Gasteiger partial charge in [-0.3, -0.25) is 4.79 Å².